The van der Waals surface area contributed by atoms with E-state index in [1.807, 2.05) is 60.7 Å². The summed E-state index contributed by atoms with van der Waals surface area (Å²) in [5, 5.41) is 4.33. The maximum Gasteiger partial charge on any atom is 0.238 e. The fraction of sp³-hybridized carbons (Fsp3) is 0.0172. The van der Waals surface area contributed by atoms with Crippen LogP contribution in [-0.4, -0.2) is 19.5 Å². The van der Waals surface area contributed by atoms with Gasteiger partial charge in [-0.1, -0.05) is 170 Å². The minimum Gasteiger partial charge on any atom is -0.456 e. The second kappa shape index (κ2) is 13.8. The van der Waals surface area contributed by atoms with Gasteiger partial charge in [-0.05, 0) is 93.0 Å². The molecule has 3 heterocycles. The van der Waals surface area contributed by atoms with Crippen LogP contribution in [0.5, 0.6) is 0 Å². The van der Waals surface area contributed by atoms with Gasteiger partial charge >= 0.3 is 0 Å². The van der Waals surface area contributed by atoms with Gasteiger partial charge in [0.05, 0.1) is 16.4 Å². The number of hydrogen-bond acceptors (Lipinski definition) is 4. The van der Waals surface area contributed by atoms with E-state index in [9.17, 15) is 0 Å². The summed E-state index contributed by atoms with van der Waals surface area (Å²) in [5.41, 5.74) is 15.0. The Balaban J connectivity index is 1.01. The fourth-order valence-corrected chi connectivity index (χ4v) is 10.2. The third-order valence-corrected chi connectivity index (χ3v) is 13.0. The molecule has 5 heteroatoms. The van der Waals surface area contributed by atoms with Gasteiger partial charge in [-0.3, -0.25) is 4.57 Å². The molecule has 0 amide bonds. The van der Waals surface area contributed by atoms with Crippen LogP contribution in [0.4, 0.5) is 0 Å². The van der Waals surface area contributed by atoms with E-state index < -0.39 is 5.41 Å². The topological polar surface area (TPSA) is 56.7 Å². The molecule has 9 aromatic carbocycles. The lowest BCUT2D eigenvalue weighted by Crippen LogP contribution is -2.28. The summed E-state index contributed by atoms with van der Waals surface area (Å²) in [5.74, 6) is 1.75. The van der Waals surface area contributed by atoms with Crippen molar-refractivity contribution in [1.82, 2.24) is 19.5 Å². The molecule has 294 valence electrons. The van der Waals surface area contributed by atoms with Gasteiger partial charge in [0.2, 0.25) is 5.95 Å². The Hall–Kier alpha value is -8.41. The lowest BCUT2D eigenvalue weighted by Gasteiger charge is -2.34. The molecule has 1 aliphatic rings. The van der Waals surface area contributed by atoms with Gasteiger partial charge < -0.3 is 4.42 Å². The van der Waals surface area contributed by atoms with Crippen LogP contribution >= 0.6 is 0 Å². The molecule has 0 N–H and O–H groups in total. The number of fused-ring (bicyclic) bond motifs is 9. The monoisotopic (exact) mass is 804 g/mol. The largest absolute Gasteiger partial charge is 0.456 e. The quantitative estimate of drug-likeness (QED) is 0.168. The Kier molecular flexibility index (Phi) is 7.75. The molecule has 0 unspecified atom stereocenters. The van der Waals surface area contributed by atoms with Crippen LogP contribution in [0.3, 0.4) is 0 Å². The van der Waals surface area contributed by atoms with Crippen LogP contribution in [0.15, 0.2) is 223 Å². The van der Waals surface area contributed by atoms with Crippen molar-refractivity contribution < 1.29 is 4.42 Å². The molecule has 3 aromatic heterocycles. The number of rotatable bonds is 6. The Morgan fingerprint density at radius 2 is 0.905 bits per heavy atom. The molecule has 0 atom stereocenters. The highest BCUT2D eigenvalue weighted by atomic mass is 16.3. The third kappa shape index (κ3) is 5.33. The van der Waals surface area contributed by atoms with E-state index >= 15 is 0 Å². The highest BCUT2D eigenvalue weighted by Gasteiger charge is 2.46. The molecule has 12 aromatic rings. The highest BCUT2D eigenvalue weighted by Crippen LogP contribution is 2.56. The summed E-state index contributed by atoms with van der Waals surface area (Å²) in [6.45, 7) is 0. The Labute approximate surface area is 363 Å². The number of hydrogen-bond donors (Lipinski definition) is 0. The Morgan fingerprint density at radius 1 is 0.349 bits per heavy atom. The zero-order valence-electron chi connectivity index (χ0n) is 34.0. The first-order valence-electron chi connectivity index (χ1n) is 21.3. The number of nitrogens with zero attached hydrogens (tertiary/aromatic N) is 4. The van der Waals surface area contributed by atoms with E-state index in [0.717, 1.165) is 66.0 Å². The van der Waals surface area contributed by atoms with E-state index in [1.165, 1.54) is 33.4 Å². The van der Waals surface area contributed by atoms with Gasteiger partial charge in [0, 0.05) is 32.7 Å². The average molecular weight is 805 g/mol. The molecule has 0 saturated heterocycles. The summed E-state index contributed by atoms with van der Waals surface area (Å²) in [6.07, 6.45) is 0. The molecular formula is C58H36N4O. The van der Waals surface area contributed by atoms with Gasteiger partial charge in [0.15, 0.2) is 11.6 Å². The molecule has 0 bridgehead atoms. The maximum atomic E-state index is 6.19. The van der Waals surface area contributed by atoms with E-state index in [0.29, 0.717) is 17.6 Å². The van der Waals surface area contributed by atoms with E-state index in [-0.39, 0.29) is 0 Å². The third-order valence-electron chi connectivity index (χ3n) is 13.0. The van der Waals surface area contributed by atoms with Crippen molar-refractivity contribution in [1.29, 1.82) is 0 Å². The predicted octanol–water partition coefficient (Wildman–Crippen LogP) is 14.2. The molecule has 13 rings (SSSR count). The molecule has 0 radical (unpaired) electrons. The Bertz CT molecular complexity index is 3700. The van der Waals surface area contributed by atoms with Gasteiger partial charge in [0.1, 0.15) is 11.2 Å². The van der Waals surface area contributed by atoms with Crippen molar-refractivity contribution in [3.63, 3.8) is 0 Å². The van der Waals surface area contributed by atoms with Crippen LogP contribution < -0.4 is 0 Å². The molecule has 5 nitrogen and oxygen atoms in total. The van der Waals surface area contributed by atoms with Crippen LogP contribution in [0, 0.1) is 0 Å². The molecule has 0 fully saturated rings. The number of benzene rings is 9. The Morgan fingerprint density at radius 3 is 1.70 bits per heavy atom. The average Bonchev–Trinajstić information content (AvgIpc) is 4.00. The van der Waals surface area contributed by atoms with Gasteiger partial charge in [-0.15, -0.1) is 0 Å². The predicted molar refractivity (Wildman–Crippen MR) is 255 cm³/mol. The van der Waals surface area contributed by atoms with Crippen LogP contribution in [-0.2, 0) is 5.41 Å². The van der Waals surface area contributed by atoms with Crippen molar-refractivity contribution in [3.8, 4) is 51.0 Å². The molecular weight excluding hydrogens is 769 g/mol. The van der Waals surface area contributed by atoms with E-state index in [1.54, 1.807) is 0 Å². The zero-order chi connectivity index (χ0) is 41.5. The zero-order valence-corrected chi connectivity index (χ0v) is 34.0. The van der Waals surface area contributed by atoms with E-state index in [2.05, 4.69) is 162 Å². The summed E-state index contributed by atoms with van der Waals surface area (Å²) in [6, 6.07) is 77.7. The van der Waals surface area contributed by atoms with Crippen molar-refractivity contribution in [2.75, 3.05) is 0 Å². The van der Waals surface area contributed by atoms with Gasteiger partial charge in [-0.2, -0.15) is 9.97 Å². The molecule has 0 spiro atoms. The first-order chi connectivity index (χ1) is 31.2. The first kappa shape index (κ1) is 35.4. The van der Waals surface area contributed by atoms with Crippen LogP contribution in [0.1, 0.15) is 22.3 Å². The summed E-state index contributed by atoms with van der Waals surface area (Å²) in [7, 11) is 0. The maximum absolute atomic E-state index is 6.19. The molecule has 0 aliphatic heterocycles. The van der Waals surface area contributed by atoms with Gasteiger partial charge in [0.25, 0.3) is 0 Å². The van der Waals surface area contributed by atoms with Crippen molar-refractivity contribution in [2.45, 2.75) is 5.41 Å². The minimum atomic E-state index is -0.479. The van der Waals surface area contributed by atoms with Crippen molar-refractivity contribution in [2.24, 2.45) is 0 Å². The van der Waals surface area contributed by atoms with E-state index in [4.69, 9.17) is 19.4 Å². The summed E-state index contributed by atoms with van der Waals surface area (Å²) < 4.78 is 8.37. The summed E-state index contributed by atoms with van der Waals surface area (Å²) >= 11 is 0. The minimum absolute atomic E-state index is 0.479. The van der Waals surface area contributed by atoms with Gasteiger partial charge in [-0.25, -0.2) is 4.98 Å². The lowest BCUT2D eigenvalue weighted by molar-refractivity contribution is 0.669. The highest BCUT2D eigenvalue weighted by molar-refractivity contribution is 6.10. The SMILES string of the molecule is c1ccc(-c2nc(-c3ccc4oc5ccccc5c4c3)nc(-n3c4ccccc4c4cc(-c5ccc6c(c5)C(c5ccccc5)(c5ccccc5)c5ccccc5-6)ccc43)n2)cc1. The molecule has 0 saturated carbocycles. The van der Waals surface area contributed by atoms with Crippen molar-refractivity contribution >= 4 is 43.7 Å². The second-order valence-corrected chi connectivity index (χ2v) is 16.3. The van der Waals surface area contributed by atoms with Crippen LogP contribution in [0.2, 0.25) is 0 Å². The standard InChI is InChI=1S/C58H36N4O/c1-4-16-37(17-5-1)55-59-56(40-30-33-54-48(35-40)46-24-12-15-27-53(46)63-54)61-57(60-55)62-51-26-14-11-23-45(51)47-34-38(29-32-52(47)62)39-28-31-44-43-22-10-13-25-49(43)58(50(44)36-39,41-18-6-2-7-19-41)42-20-8-3-9-21-42/h1-36H. The molecule has 63 heavy (non-hydrogen) atoms. The number of para-hydroxylation sites is 2. The first-order valence-corrected chi connectivity index (χ1v) is 21.3. The summed E-state index contributed by atoms with van der Waals surface area (Å²) in [4.78, 5) is 15.6. The lowest BCUT2D eigenvalue weighted by atomic mass is 9.67. The molecule has 1 aliphatic carbocycles. The number of aromatic nitrogens is 4. The normalized spacial score (nSPS) is 12.9. The van der Waals surface area contributed by atoms with Crippen molar-refractivity contribution in [3.05, 3.63) is 241 Å². The smallest absolute Gasteiger partial charge is 0.238 e. The second-order valence-electron chi connectivity index (χ2n) is 16.3. The number of furan rings is 1. The van der Waals surface area contributed by atoms with Crippen LogP contribution in [0.25, 0.3) is 94.7 Å². The fourth-order valence-electron chi connectivity index (χ4n) is 10.2.